The van der Waals surface area contributed by atoms with E-state index >= 15 is 0 Å². The fourth-order valence-electron chi connectivity index (χ4n) is 2.28. The van der Waals surface area contributed by atoms with E-state index in [1.165, 1.54) is 0 Å². The summed E-state index contributed by atoms with van der Waals surface area (Å²) in [4.78, 5) is 4.43. The fraction of sp³-hybridized carbons (Fsp3) is 0.0588. The summed E-state index contributed by atoms with van der Waals surface area (Å²) in [5.74, 6) is 0.745. The summed E-state index contributed by atoms with van der Waals surface area (Å²) in [6, 6.07) is 17.0. The molecule has 0 fully saturated rings. The van der Waals surface area contributed by atoms with Crippen LogP contribution in [0.4, 0.5) is 0 Å². The van der Waals surface area contributed by atoms with Gasteiger partial charge in [-0.2, -0.15) is 5.26 Å². The van der Waals surface area contributed by atoms with E-state index in [0.717, 1.165) is 27.8 Å². The largest absolute Gasteiger partial charge is 0.497 e. The van der Waals surface area contributed by atoms with Gasteiger partial charge in [0.15, 0.2) is 0 Å². The third-order valence-corrected chi connectivity index (χ3v) is 3.49. The van der Waals surface area contributed by atoms with E-state index in [0.29, 0.717) is 10.7 Å². The van der Waals surface area contributed by atoms with Crippen LogP contribution in [0.5, 0.6) is 5.75 Å². The third-order valence-electron chi connectivity index (χ3n) is 3.25. The monoisotopic (exact) mass is 294 g/mol. The molecular formula is C17H11ClN2O. The minimum Gasteiger partial charge on any atom is -0.497 e. The van der Waals surface area contributed by atoms with E-state index in [1.54, 1.807) is 13.2 Å². The lowest BCUT2D eigenvalue weighted by molar-refractivity contribution is 0.415. The number of nitriles is 1. The molecular weight excluding hydrogens is 284 g/mol. The second kappa shape index (κ2) is 5.43. The van der Waals surface area contributed by atoms with Gasteiger partial charge in [-0.1, -0.05) is 23.7 Å². The van der Waals surface area contributed by atoms with Gasteiger partial charge in [0.05, 0.1) is 12.8 Å². The highest BCUT2D eigenvalue weighted by Gasteiger charge is 2.09. The molecule has 0 radical (unpaired) electrons. The Kier molecular flexibility index (Phi) is 3.47. The van der Waals surface area contributed by atoms with Crippen molar-refractivity contribution in [3.05, 3.63) is 59.2 Å². The van der Waals surface area contributed by atoms with Crippen LogP contribution >= 0.6 is 11.6 Å². The highest BCUT2D eigenvalue weighted by molar-refractivity contribution is 6.30. The average Bonchev–Trinajstić information content (AvgIpc) is 2.53. The zero-order valence-electron chi connectivity index (χ0n) is 11.3. The van der Waals surface area contributed by atoms with Crippen LogP contribution in [0.25, 0.3) is 22.0 Å². The van der Waals surface area contributed by atoms with Crippen molar-refractivity contribution in [2.75, 3.05) is 7.11 Å². The molecule has 0 saturated carbocycles. The van der Waals surface area contributed by atoms with Gasteiger partial charge in [0, 0.05) is 16.0 Å². The molecule has 2 aromatic carbocycles. The second-order valence-corrected chi connectivity index (χ2v) is 5.00. The Morgan fingerprint density at radius 2 is 2.00 bits per heavy atom. The molecule has 3 aromatic rings. The van der Waals surface area contributed by atoms with Gasteiger partial charge in [-0.25, -0.2) is 4.98 Å². The van der Waals surface area contributed by atoms with Crippen molar-refractivity contribution in [1.82, 2.24) is 4.98 Å². The van der Waals surface area contributed by atoms with E-state index in [1.807, 2.05) is 42.5 Å². The van der Waals surface area contributed by atoms with E-state index < -0.39 is 0 Å². The molecule has 0 bridgehead atoms. The smallest absolute Gasteiger partial charge is 0.141 e. The molecule has 1 heterocycles. The Bertz CT molecular complexity index is 868. The average molecular weight is 295 g/mol. The zero-order valence-corrected chi connectivity index (χ0v) is 12.1. The van der Waals surface area contributed by atoms with Crippen LogP contribution in [0.2, 0.25) is 5.02 Å². The first-order chi connectivity index (χ1) is 10.2. The number of pyridine rings is 1. The molecule has 0 spiro atoms. The summed E-state index contributed by atoms with van der Waals surface area (Å²) in [5, 5.41) is 11.7. The Labute approximate surface area is 127 Å². The fourth-order valence-corrected chi connectivity index (χ4v) is 2.47. The summed E-state index contributed by atoms with van der Waals surface area (Å²) < 4.78 is 5.24. The minimum atomic E-state index is 0.366. The van der Waals surface area contributed by atoms with E-state index in [2.05, 4.69) is 11.1 Å². The number of ether oxygens (including phenoxy) is 1. The predicted molar refractivity (Wildman–Crippen MR) is 83.5 cm³/mol. The van der Waals surface area contributed by atoms with Gasteiger partial charge in [0.2, 0.25) is 0 Å². The number of benzene rings is 2. The number of halogens is 1. The van der Waals surface area contributed by atoms with Gasteiger partial charge in [0.1, 0.15) is 17.5 Å². The predicted octanol–water partition coefficient (Wildman–Crippen LogP) is 4.44. The lowest BCUT2D eigenvalue weighted by atomic mass is 10.0. The number of fused-ring (bicyclic) bond motifs is 1. The van der Waals surface area contributed by atoms with Gasteiger partial charge in [-0.05, 0) is 41.8 Å². The van der Waals surface area contributed by atoms with Crippen LogP contribution < -0.4 is 4.74 Å². The first-order valence-electron chi connectivity index (χ1n) is 6.36. The first-order valence-corrected chi connectivity index (χ1v) is 6.74. The lowest BCUT2D eigenvalue weighted by Gasteiger charge is -2.09. The topological polar surface area (TPSA) is 45.9 Å². The summed E-state index contributed by atoms with van der Waals surface area (Å²) >= 11 is 6.05. The molecule has 0 atom stereocenters. The van der Waals surface area contributed by atoms with Crippen LogP contribution in [-0.2, 0) is 0 Å². The number of methoxy groups -OCH3 is 1. The molecule has 0 aliphatic heterocycles. The minimum absolute atomic E-state index is 0.366. The maximum atomic E-state index is 9.18. The van der Waals surface area contributed by atoms with Crippen LogP contribution in [0.15, 0.2) is 48.5 Å². The van der Waals surface area contributed by atoms with Crippen molar-refractivity contribution in [3.63, 3.8) is 0 Å². The van der Waals surface area contributed by atoms with E-state index in [4.69, 9.17) is 16.3 Å². The molecule has 0 amide bonds. The molecule has 0 saturated heterocycles. The Hall–Kier alpha value is -2.57. The zero-order chi connectivity index (χ0) is 14.8. The Balaban J connectivity index is 2.33. The number of nitrogens with zero attached hydrogens (tertiary/aromatic N) is 2. The quantitative estimate of drug-likeness (QED) is 0.702. The van der Waals surface area contributed by atoms with E-state index in [-0.39, 0.29) is 0 Å². The van der Waals surface area contributed by atoms with Gasteiger partial charge in [0.25, 0.3) is 0 Å². The third kappa shape index (κ3) is 2.54. The molecule has 0 unspecified atom stereocenters. The first kappa shape index (κ1) is 13.4. The van der Waals surface area contributed by atoms with Gasteiger partial charge in [-0.15, -0.1) is 0 Å². The number of hydrogen-bond donors (Lipinski definition) is 0. The van der Waals surface area contributed by atoms with Crippen molar-refractivity contribution in [2.24, 2.45) is 0 Å². The van der Waals surface area contributed by atoms with Crippen LogP contribution in [-0.4, -0.2) is 12.1 Å². The van der Waals surface area contributed by atoms with Gasteiger partial charge >= 0.3 is 0 Å². The molecule has 21 heavy (non-hydrogen) atoms. The lowest BCUT2D eigenvalue weighted by Crippen LogP contribution is -1.92. The van der Waals surface area contributed by atoms with Crippen LogP contribution in [0, 0.1) is 11.3 Å². The van der Waals surface area contributed by atoms with Crippen LogP contribution in [0.3, 0.4) is 0 Å². The molecule has 4 heteroatoms. The molecule has 102 valence electrons. The van der Waals surface area contributed by atoms with Gasteiger partial charge in [-0.3, -0.25) is 0 Å². The molecule has 0 aliphatic rings. The Morgan fingerprint density at radius 3 is 2.71 bits per heavy atom. The number of rotatable bonds is 2. The van der Waals surface area contributed by atoms with Crippen molar-refractivity contribution in [1.29, 1.82) is 5.26 Å². The summed E-state index contributed by atoms with van der Waals surface area (Å²) in [6.45, 7) is 0. The van der Waals surface area contributed by atoms with Crippen molar-refractivity contribution >= 4 is 22.4 Å². The summed E-state index contributed by atoms with van der Waals surface area (Å²) in [7, 11) is 1.62. The Morgan fingerprint density at radius 1 is 1.14 bits per heavy atom. The number of hydrogen-bond acceptors (Lipinski definition) is 3. The molecule has 1 aromatic heterocycles. The molecule has 3 nitrogen and oxygen atoms in total. The van der Waals surface area contributed by atoms with Crippen molar-refractivity contribution < 1.29 is 4.74 Å². The van der Waals surface area contributed by atoms with Crippen molar-refractivity contribution in [3.8, 4) is 23.1 Å². The van der Waals surface area contributed by atoms with Crippen molar-refractivity contribution in [2.45, 2.75) is 0 Å². The number of aromatic nitrogens is 1. The summed E-state index contributed by atoms with van der Waals surface area (Å²) in [6.07, 6.45) is 0. The highest BCUT2D eigenvalue weighted by Crippen LogP contribution is 2.31. The molecule has 3 rings (SSSR count). The molecule has 0 N–H and O–H groups in total. The normalized spacial score (nSPS) is 10.3. The molecule has 0 aliphatic carbocycles. The van der Waals surface area contributed by atoms with Gasteiger partial charge < -0.3 is 4.74 Å². The SMILES string of the molecule is COc1ccc2c(-c3cccc(Cl)c3)nc(C#N)cc2c1. The summed E-state index contributed by atoms with van der Waals surface area (Å²) in [5.41, 5.74) is 2.00. The maximum Gasteiger partial charge on any atom is 0.141 e. The van der Waals surface area contributed by atoms with E-state index in [9.17, 15) is 5.26 Å². The maximum absolute atomic E-state index is 9.18. The second-order valence-electron chi connectivity index (χ2n) is 4.57. The standard InChI is InChI=1S/C17H11ClN2O/c1-21-15-5-6-16-12(9-15)8-14(10-19)20-17(16)11-3-2-4-13(18)7-11/h2-9H,1H3. The van der Waals surface area contributed by atoms with Crippen LogP contribution in [0.1, 0.15) is 5.69 Å². The highest BCUT2D eigenvalue weighted by atomic mass is 35.5.